The van der Waals surface area contributed by atoms with Gasteiger partial charge in [-0.1, -0.05) is 60.2 Å². The molecule has 0 aliphatic carbocycles. The molecule has 3 rings (SSSR count). The Kier molecular flexibility index (Phi) is 6.54. The molecule has 3 aromatic rings. The molecule has 3 aromatic carbocycles. The molecule has 0 spiro atoms. The predicted molar refractivity (Wildman–Crippen MR) is 109 cm³/mol. The quantitative estimate of drug-likeness (QED) is 0.489. The normalized spacial score (nSPS) is 11.9. The molecule has 5 heteroatoms. The minimum absolute atomic E-state index is 0.501. The number of hydrogen-bond donors (Lipinski definition) is 2. The van der Waals surface area contributed by atoms with Crippen molar-refractivity contribution in [2.24, 2.45) is 5.10 Å². The third-order valence-corrected chi connectivity index (χ3v) is 4.16. The van der Waals surface area contributed by atoms with E-state index in [1.807, 2.05) is 42.5 Å². The summed E-state index contributed by atoms with van der Waals surface area (Å²) in [5.41, 5.74) is 5.99. The number of hydrogen-bond acceptors (Lipinski definition) is 4. The van der Waals surface area contributed by atoms with E-state index in [0.29, 0.717) is 12.2 Å². The second-order valence-corrected chi connectivity index (χ2v) is 6.39. The molecule has 2 N–H and O–H groups in total. The molecular formula is C23H22N2O3. The van der Waals surface area contributed by atoms with E-state index in [9.17, 15) is 9.90 Å². The Morgan fingerprint density at radius 1 is 1.04 bits per heavy atom. The smallest absolute Gasteiger partial charge is 0.273 e. The van der Waals surface area contributed by atoms with E-state index in [4.69, 9.17) is 4.74 Å². The summed E-state index contributed by atoms with van der Waals surface area (Å²) < 4.78 is 5.76. The second-order valence-electron chi connectivity index (χ2n) is 6.39. The third kappa shape index (κ3) is 5.53. The first-order valence-corrected chi connectivity index (χ1v) is 8.96. The van der Waals surface area contributed by atoms with E-state index >= 15 is 0 Å². The summed E-state index contributed by atoms with van der Waals surface area (Å²) in [6, 6.07) is 24.3. The van der Waals surface area contributed by atoms with E-state index < -0.39 is 12.0 Å². The van der Waals surface area contributed by atoms with Crippen LogP contribution in [0.4, 0.5) is 0 Å². The van der Waals surface area contributed by atoms with Gasteiger partial charge in [-0.05, 0) is 47.9 Å². The number of nitrogens with one attached hydrogen (secondary N) is 1. The van der Waals surface area contributed by atoms with Crippen molar-refractivity contribution in [3.05, 3.63) is 101 Å². The number of aliphatic hydroxyl groups is 1. The highest BCUT2D eigenvalue weighted by Gasteiger charge is 2.15. The summed E-state index contributed by atoms with van der Waals surface area (Å²) in [6.45, 7) is 2.55. The molecule has 0 heterocycles. The Bertz CT molecular complexity index is 920. The van der Waals surface area contributed by atoms with Crippen molar-refractivity contribution in [3.8, 4) is 5.75 Å². The zero-order valence-electron chi connectivity index (χ0n) is 15.6. The number of amides is 1. The van der Waals surface area contributed by atoms with E-state index in [2.05, 4.69) is 29.6 Å². The van der Waals surface area contributed by atoms with Gasteiger partial charge in [-0.25, -0.2) is 5.43 Å². The molecule has 0 saturated carbocycles. The van der Waals surface area contributed by atoms with E-state index in [0.717, 1.165) is 16.9 Å². The molecule has 28 heavy (non-hydrogen) atoms. The predicted octanol–water partition coefficient (Wildman–Crippen LogP) is 3.76. The van der Waals surface area contributed by atoms with Crippen LogP contribution in [0.15, 0.2) is 84.0 Å². The fourth-order valence-electron chi connectivity index (χ4n) is 2.52. The molecule has 0 aromatic heterocycles. The number of carbonyl (C=O) groups is 1. The molecule has 0 radical (unpaired) electrons. The van der Waals surface area contributed by atoms with Gasteiger partial charge in [0.15, 0.2) is 6.10 Å². The molecule has 1 unspecified atom stereocenters. The lowest BCUT2D eigenvalue weighted by molar-refractivity contribution is -0.129. The lowest BCUT2D eigenvalue weighted by Crippen LogP contribution is -2.25. The highest BCUT2D eigenvalue weighted by Crippen LogP contribution is 2.14. The summed E-state index contributed by atoms with van der Waals surface area (Å²) in [7, 11) is 0. The average Bonchev–Trinajstić information content (AvgIpc) is 2.74. The molecule has 0 aliphatic rings. The van der Waals surface area contributed by atoms with Crippen molar-refractivity contribution in [3.63, 3.8) is 0 Å². The molecule has 0 bridgehead atoms. The molecule has 5 nitrogen and oxygen atoms in total. The van der Waals surface area contributed by atoms with Gasteiger partial charge in [-0.2, -0.15) is 5.10 Å². The minimum Gasteiger partial charge on any atom is -0.489 e. The van der Waals surface area contributed by atoms with Gasteiger partial charge >= 0.3 is 0 Å². The minimum atomic E-state index is -1.25. The van der Waals surface area contributed by atoms with Crippen LogP contribution in [0, 0.1) is 6.92 Å². The van der Waals surface area contributed by atoms with Gasteiger partial charge in [0, 0.05) is 0 Å². The van der Waals surface area contributed by atoms with Crippen LogP contribution < -0.4 is 10.2 Å². The lowest BCUT2D eigenvalue weighted by Gasteiger charge is -2.08. The van der Waals surface area contributed by atoms with E-state index in [1.54, 1.807) is 24.3 Å². The largest absolute Gasteiger partial charge is 0.489 e. The fraction of sp³-hybridized carbons (Fsp3) is 0.130. The van der Waals surface area contributed by atoms with Crippen molar-refractivity contribution < 1.29 is 14.6 Å². The molecule has 1 amide bonds. The van der Waals surface area contributed by atoms with Crippen LogP contribution in [-0.4, -0.2) is 17.2 Å². The highest BCUT2D eigenvalue weighted by molar-refractivity contribution is 5.85. The van der Waals surface area contributed by atoms with Crippen molar-refractivity contribution in [1.82, 2.24) is 5.43 Å². The number of carbonyl (C=O) groups excluding carboxylic acids is 1. The van der Waals surface area contributed by atoms with Crippen LogP contribution in [0.2, 0.25) is 0 Å². The first-order valence-electron chi connectivity index (χ1n) is 8.96. The number of nitrogens with zero attached hydrogens (tertiary/aromatic N) is 1. The number of aryl methyl sites for hydroxylation is 1. The monoisotopic (exact) mass is 374 g/mol. The summed E-state index contributed by atoms with van der Waals surface area (Å²) in [5.74, 6) is 0.168. The Labute approximate surface area is 164 Å². The Balaban J connectivity index is 1.49. The third-order valence-electron chi connectivity index (χ3n) is 4.16. The van der Waals surface area contributed by atoms with Crippen LogP contribution >= 0.6 is 0 Å². The van der Waals surface area contributed by atoms with Gasteiger partial charge in [-0.15, -0.1) is 0 Å². The summed E-state index contributed by atoms with van der Waals surface area (Å²) >= 11 is 0. The van der Waals surface area contributed by atoms with E-state index in [1.165, 1.54) is 11.8 Å². The fourth-order valence-corrected chi connectivity index (χ4v) is 2.52. The van der Waals surface area contributed by atoms with E-state index in [-0.39, 0.29) is 0 Å². The number of rotatable bonds is 7. The summed E-state index contributed by atoms with van der Waals surface area (Å²) in [5, 5.41) is 13.9. The molecule has 0 saturated heterocycles. The first kappa shape index (κ1) is 19.3. The second kappa shape index (κ2) is 9.48. The molecule has 0 fully saturated rings. The molecule has 142 valence electrons. The number of ether oxygens (including phenoxy) is 1. The molecular weight excluding hydrogens is 352 g/mol. The van der Waals surface area contributed by atoms with Gasteiger partial charge in [0.25, 0.3) is 5.91 Å². The molecule has 1 atom stereocenters. The first-order chi connectivity index (χ1) is 13.6. The maximum absolute atomic E-state index is 11.9. The topological polar surface area (TPSA) is 70.9 Å². The Morgan fingerprint density at radius 2 is 1.71 bits per heavy atom. The van der Waals surface area contributed by atoms with Crippen molar-refractivity contribution in [1.29, 1.82) is 0 Å². The summed E-state index contributed by atoms with van der Waals surface area (Å²) in [4.78, 5) is 11.9. The van der Waals surface area contributed by atoms with Crippen molar-refractivity contribution >= 4 is 12.1 Å². The SMILES string of the molecule is Cc1ccc(COc2ccc(/C=N/NC(=O)C(O)c3ccccc3)cc2)cc1. The van der Waals surface area contributed by atoms with Crippen LogP contribution in [0.1, 0.15) is 28.4 Å². The molecule has 0 aliphatic heterocycles. The van der Waals surface area contributed by atoms with Gasteiger partial charge in [0.05, 0.1) is 6.21 Å². The maximum atomic E-state index is 11.9. The van der Waals surface area contributed by atoms with Crippen LogP contribution in [-0.2, 0) is 11.4 Å². The number of aliphatic hydroxyl groups excluding tert-OH is 1. The highest BCUT2D eigenvalue weighted by atomic mass is 16.5. The number of hydrazone groups is 1. The summed E-state index contributed by atoms with van der Waals surface area (Å²) in [6.07, 6.45) is 0.259. The number of benzene rings is 3. The lowest BCUT2D eigenvalue weighted by atomic mass is 10.1. The average molecular weight is 374 g/mol. The Hall–Kier alpha value is -3.44. The van der Waals surface area contributed by atoms with Crippen molar-refractivity contribution in [2.45, 2.75) is 19.6 Å². The van der Waals surface area contributed by atoms with Crippen LogP contribution in [0.5, 0.6) is 5.75 Å². The van der Waals surface area contributed by atoms with Crippen LogP contribution in [0.3, 0.4) is 0 Å². The van der Waals surface area contributed by atoms with Gasteiger partial charge in [-0.3, -0.25) is 4.79 Å². The zero-order chi connectivity index (χ0) is 19.8. The maximum Gasteiger partial charge on any atom is 0.273 e. The zero-order valence-corrected chi connectivity index (χ0v) is 15.6. The standard InChI is InChI=1S/C23H22N2O3/c1-17-7-9-19(10-8-17)16-28-21-13-11-18(12-14-21)15-24-25-23(27)22(26)20-5-3-2-4-6-20/h2-15,22,26H,16H2,1H3,(H,25,27)/b24-15+. The van der Waals surface area contributed by atoms with Gasteiger partial charge < -0.3 is 9.84 Å². The van der Waals surface area contributed by atoms with Gasteiger partial charge in [0.1, 0.15) is 12.4 Å². The Morgan fingerprint density at radius 3 is 2.39 bits per heavy atom. The van der Waals surface area contributed by atoms with Gasteiger partial charge in [0.2, 0.25) is 0 Å². The van der Waals surface area contributed by atoms with Crippen molar-refractivity contribution in [2.75, 3.05) is 0 Å². The van der Waals surface area contributed by atoms with Crippen LogP contribution in [0.25, 0.3) is 0 Å².